The largest absolute Gasteiger partial charge is 0.389 e. The second-order valence-corrected chi connectivity index (χ2v) is 5.10. The van der Waals surface area contributed by atoms with E-state index in [0.29, 0.717) is 18.9 Å². The average Bonchev–Trinajstić information content (AvgIpc) is 2.27. The lowest BCUT2D eigenvalue weighted by molar-refractivity contribution is -0.136. The maximum absolute atomic E-state index is 12.0. The normalized spacial score (nSPS) is 24.9. The topological polar surface area (TPSA) is 29.3 Å². The zero-order valence-corrected chi connectivity index (χ0v) is 10.5. The third-order valence-electron chi connectivity index (χ3n) is 3.59. The molecule has 0 bridgehead atoms. The second kappa shape index (κ2) is 6.59. The maximum Gasteiger partial charge on any atom is 0.389 e. The van der Waals surface area contributed by atoms with Gasteiger partial charge in [0.15, 0.2) is 0 Å². The smallest absolute Gasteiger partial charge is 0.330 e. The quantitative estimate of drug-likeness (QED) is 0.815. The van der Waals surface area contributed by atoms with Gasteiger partial charge >= 0.3 is 6.18 Å². The fourth-order valence-electron chi connectivity index (χ4n) is 2.47. The molecule has 1 fully saturated rings. The van der Waals surface area contributed by atoms with Crippen molar-refractivity contribution in [1.29, 1.82) is 0 Å². The Balaban J connectivity index is 2.24. The third kappa shape index (κ3) is 5.73. The van der Waals surface area contributed by atoms with E-state index in [1.807, 2.05) is 6.92 Å². The van der Waals surface area contributed by atoms with Crippen molar-refractivity contribution in [2.75, 3.05) is 19.6 Å². The van der Waals surface area contributed by atoms with Crippen LogP contribution >= 0.6 is 0 Å². The van der Waals surface area contributed by atoms with Gasteiger partial charge in [0.1, 0.15) is 0 Å². The van der Waals surface area contributed by atoms with Crippen molar-refractivity contribution in [2.24, 2.45) is 11.7 Å². The number of hydrogen-bond acceptors (Lipinski definition) is 2. The van der Waals surface area contributed by atoms with Crippen LogP contribution in [0.15, 0.2) is 0 Å². The van der Waals surface area contributed by atoms with Crippen molar-refractivity contribution in [3.8, 4) is 0 Å². The predicted octanol–water partition coefficient (Wildman–Crippen LogP) is 2.78. The molecular weight excluding hydrogens is 229 g/mol. The number of hydrogen-bond donors (Lipinski definition) is 1. The van der Waals surface area contributed by atoms with E-state index in [4.69, 9.17) is 5.73 Å². The predicted molar refractivity (Wildman–Crippen MR) is 62.7 cm³/mol. The third-order valence-corrected chi connectivity index (χ3v) is 3.59. The summed E-state index contributed by atoms with van der Waals surface area (Å²) in [6.45, 7) is 4.66. The van der Waals surface area contributed by atoms with Gasteiger partial charge in [-0.1, -0.05) is 0 Å². The molecule has 5 heteroatoms. The van der Waals surface area contributed by atoms with Gasteiger partial charge in [-0.3, -0.25) is 0 Å². The Labute approximate surface area is 101 Å². The molecule has 0 aromatic carbocycles. The van der Waals surface area contributed by atoms with Crippen molar-refractivity contribution in [2.45, 2.75) is 51.2 Å². The van der Waals surface area contributed by atoms with Gasteiger partial charge in [-0.25, -0.2) is 0 Å². The monoisotopic (exact) mass is 252 g/mol. The molecular formula is C12H23F3N2. The molecule has 1 aliphatic heterocycles. The summed E-state index contributed by atoms with van der Waals surface area (Å²) in [5.41, 5.74) is 5.65. The number of likely N-dealkylation sites (tertiary alicyclic amines) is 1. The fraction of sp³-hybridized carbons (Fsp3) is 1.00. The van der Waals surface area contributed by atoms with Crippen LogP contribution in [0.1, 0.15) is 39.0 Å². The summed E-state index contributed by atoms with van der Waals surface area (Å²) in [7, 11) is 0. The van der Waals surface area contributed by atoms with Crippen molar-refractivity contribution < 1.29 is 13.2 Å². The van der Waals surface area contributed by atoms with Crippen LogP contribution < -0.4 is 5.73 Å². The van der Waals surface area contributed by atoms with Crippen molar-refractivity contribution in [1.82, 2.24) is 4.90 Å². The minimum Gasteiger partial charge on any atom is -0.330 e. The van der Waals surface area contributed by atoms with E-state index < -0.39 is 12.6 Å². The lowest BCUT2D eigenvalue weighted by atomic mass is 9.96. The zero-order valence-electron chi connectivity index (χ0n) is 10.5. The van der Waals surface area contributed by atoms with Gasteiger partial charge in [0, 0.05) is 19.0 Å². The van der Waals surface area contributed by atoms with E-state index >= 15 is 0 Å². The Morgan fingerprint density at radius 1 is 1.41 bits per heavy atom. The van der Waals surface area contributed by atoms with Gasteiger partial charge in [0.2, 0.25) is 0 Å². The van der Waals surface area contributed by atoms with Crippen LogP contribution in [0, 0.1) is 5.92 Å². The standard InChI is InChI=1S/C12H23F3N2/c1-10(4-2-6-12(13,14)15)17-7-3-5-11(8-16)9-17/h10-11H,2-9,16H2,1H3. The van der Waals surface area contributed by atoms with E-state index in [1.165, 1.54) is 0 Å². The lowest BCUT2D eigenvalue weighted by Gasteiger charge is -2.36. The molecule has 1 heterocycles. The van der Waals surface area contributed by atoms with Crippen LogP contribution in [-0.4, -0.2) is 36.8 Å². The summed E-state index contributed by atoms with van der Waals surface area (Å²) in [6.07, 6.45) is -1.55. The summed E-state index contributed by atoms with van der Waals surface area (Å²) < 4.78 is 36.1. The Hall–Kier alpha value is -0.290. The minimum atomic E-state index is -4.01. The molecule has 1 aliphatic rings. The summed E-state index contributed by atoms with van der Waals surface area (Å²) in [5, 5.41) is 0. The molecule has 0 aromatic heterocycles. The molecule has 2 atom stereocenters. The number of alkyl halides is 3. The first kappa shape index (κ1) is 14.8. The first-order valence-electron chi connectivity index (χ1n) is 6.43. The SMILES string of the molecule is CC(CCCC(F)(F)F)N1CCCC(CN)C1. The first-order chi connectivity index (χ1) is 7.92. The molecule has 0 aromatic rings. The van der Waals surface area contributed by atoms with Gasteiger partial charge in [-0.15, -0.1) is 0 Å². The summed E-state index contributed by atoms with van der Waals surface area (Å²) >= 11 is 0. The van der Waals surface area contributed by atoms with Crippen LogP contribution in [0.4, 0.5) is 13.2 Å². The number of rotatable bonds is 5. The molecule has 2 nitrogen and oxygen atoms in total. The summed E-state index contributed by atoms with van der Waals surface area (Å²) in [6, 6.07) is 0.242. The summed E-state index contributed by atoms with van der Waals surface area (Å²) in [5.74, 6) is 0.522. The highest BCUT2D eigenvalue weighted by Crippen LogP contribution is 2.25. The van der Waals surface area contributed by atoms with Gasteiger partial charge < -0.3 is 10.6 Å². The lowest BCUT2D eigenvalue weighted by Crippen LogP contribution is -2.43. The van der Waals surface area contributed by atoms with Crippen molar-refractivity contribution in [3.05, 3.63) is 0 Å². The zero-order chi connectivity index (χ0) is 12.9. The fourth-order valence-corrected chi connectivity index (χ4v) is 2.47. The first-order valence-corrected chi connectivity index (χ1v) is 6.43. The molecule has 2 N–H and O–H groups in total. The van der Waals surface area contributed by atoms with Crippen molar-refractivity contribution >= 4 is 0 Å². The highest BCUT2D eigenvalue weighted by atomic mass is 19.4. The number of piperidine rings is 1. The number of nitrogens with zero attached hydrogens (tertiary/aromatic N) is 1. The molecule has 1 rings (SSSR count). The molecule has 17 heavy (non-hydrogen) atoms. The molecule has 102 valence electrons. The van der Waals surface area contributed by atoms with E-state index in [-0.39, 0.29) is 12.5 Å². The Morgan fingerprint density at radius 2 is 2.12 bits per heavy atom. The van der Waals surface area contributed by atoms with E-state index in [2.05, 4.69) is 4.90 Å². The van der Waals surface area contributed by atoms with Gasteiger partial charge in [0.05, 0.1) is 0 Å². The average molecular weight is 252 g/mol. The highest BCUT2D eigenvalue weighted by Gasteiger charge is 2.28. The molecule has 2 unspecified atom stereocenters. The van der Waals surface area contributed by atoms with Gasteiger partial charge in [0.25, 0.3) is 0 Å². The highest BCUT2D eigenvalue weighted by molar-refractivity contribution is 4.77. The van der Waals surface area contributed by atoms with E-state index in [1.54, 1.807) is 0 Å². The Bertz CT molecular complexity index is 218. The van der Waals surface area contributed by atoms with Crippen LogP contribution in [0.3, 0.4) is 0 Å². The maximum atomic E-state index is 12.0. The van der Waals surface area contributed by atoms with Crippen LogP contribution in [0.2, 0.25) is 0 Å². The van der Waals surface area contributed by atoms with E-state index in [9.17, 15) is 13.2 Å². The number of nitrogens with two attached hydrogens (primary N) is 1. The van der Waals surface area contributed by atoms with Crippen LogP contribution in [0.25, 0.3) is 0 Å². The Kier molecular flexibility index (Phi) is 5.73. The molecule has 0 radical (unpaired) electrons. The Morgan fingerprint density at radius 3 is 2.71 bits per heavy atom. The van der Waals surface area contributed by atoms with Crippen LogP contribution in [0.5, 0.6) is 0 Å². The van der Waals surface area contributed by atoms with E-state index in [0.717, 1.165) is 25.9 Å². The second-order valence-electron chi connectivity index (χ2n) is 5.10. The van der Waals surface area contributed by atoms with Gasteiger partial charge in [-0.2, -0.15) is 13.2 Å². The van der Waals surface area contributed by atoms with Crippen molar-refractivity contribution in [3.63, 3.8) is 0 Å². The number of halogens is 3. The molecule has 1 saturated heterocycles. The summed E-state index contributed by atoms with van der Waals surface area (Å²) in [4.78, 5) is 2.29. The minimum absolute atomic E-state index is 0.231. The molecule has 0 saturated carbocycles. The molecule has 0 spiro atoms. The molecule has 0 aliphatic carbocycles. The van der Waals surface area contributed by atoms with Crippen LogP contribution in [-0.2, 0) is 0 Å². The molecule has 0 amide bonds. The van der Waals surface area contributed by atoms with Gasteiger partial charge in [-0.05, 0) is 51.6 Å².